The van der Waals surface area contributed by atoms with Gasteiger partial charge in [0.25, 0.3) is 5.09 Å². The Hall–Kier alpha value is -1.44. The normalized spacial score (nSPS) is 12.3. The molecule has 0 rings (SSSR count). The van der Waals surface area contributed by atoms with Gasteiger partial charge in [-0.15, -0.1) is 10.1 Å². The molecule has 78 valence electrons. The van der Waals surface area contributed by atoms with Crippen molar-refractivity contribution in [2.75, 3.05) is 0 Å². The minimum atomic E-state index is -1.50. The third-order valence-electron chi connectivity index (χ3n) is 1.49. The van der Waals surface area contributed by atoms with Crippen molar-refractivity contribution in [3.8, 4) is 0 Å². The predicted molar refractivity (Wildman–Crippen MR) is 41.5 cm³/mol. The van der Waals surface area contributed by atoms with Crippen molar-refractivity contribution in [1.82, 2.24) is 0 Å². The average Bonchev–Trinajstić information content (AvgIpc) is 1.85. The lowest BCUT2D eigenvalue weighted by molar-refractivity contribution is -0.742. The monoisotopic (exact) mass is 196 g/mol. The van der Waals surface area contributed by atoms with Crippen LogP contribution in [0.25, 0.3) is 0 Å². The van der Waals surface area contributed by atoms with Crippen molar-refractivity contribution >= 4 is 0 Å². The number of aliphatic hydroxyl groups excluding tert-OH is 1. The zero-order valence-corrected chi connectivity index (χ0v) is 7.50. The molecule has 0 aliphatic carbocycles. The largest absolute Gasteiger partial charge is 0.386 e. The minimum absolute atomic E-state index is 0.488. The number of aliphatic hydroxyl groups is 1. The zero-order chi connectivity index (χ0) is 11.2. The summed E-state index contributed by atoms with van der Waals surface area (Å²) in [6.07, 6.45) is -0.910. The van der Waals surface area contributed by atoms with E-state index in [4.69, 9.17) is 20.4 Å². The fourth-order valence-electron chi connectivity index (χ4n) is 0.153. The highest BCUT2D eigenvalue weighted by Gasteiger charge is 2.36. The van der Waals surface area contributed by atoms with Crippen LogP contribution >= 0.6 is 0 Å². The molecule has 1 atom stereocenters. The van der Waals surface area contributed by atoms with Crippen molar-refractivity contribution in [2.45, 2.75) is 32.4 Å². The number of rotatable bonds is 2. The highest BCUT2D eigenvalue weighted by Crippen LogP contribution is 2.11. The van der Waals surface area contributed by atoms with Crippen LogP contribution in [0, 0.1) is 20.2 Å². The molecule has 0 saturated heterocycles. The van der Waals surface area contributed by atoms with Gasteiger partial charge in [0.15, 0.2) is 0 Å². The number of hydrogen-bond donors (Lipinski definition) is 2. The van der Waals surface area contributed by atoms with Gasteiger partial charge in [-0.2, -0.15) is 0 Å². The van der Waals surface area contributed by atoms with Crippen LogP contribution in [-0.2, 0) is 0 Å². The van der Waals surface area contributed by atoms with Crippen LogP contribution in [0.4, 0.5) is 0 Å². The molecule has 0 aliphatic rings. The molecule has 8 heteroatoms. The molecule has 8 nitrogen and oxygen atoms in total. The average molecular weight is 196 g/mol. The Morgan fingerprint density at radius 2 is 1.54 bits per heavy atom. The quantitative estimate of drug-likeness (QED) is 0.475. The summed E-state index contributed by atoms with van der Waals surface area (Å²) >= 11 is 0. The van der Waals surface area contributed by atoms with E-state index in [1.165, 1.54) is 20.8 Å². The fourth-order valence-corrected chi connectivity index (χ4v) is 0.153. The summed E-state index contributed by atoms with van der Waals surface area (Å²) in [4.78, 5) is 18.0. The Balaban J connectivity index is 0. The summed E-state index contributed by atoms with van der Waals surface area (Å²) in [7, 11) is 0. The Morgan fingerprint density at radius 1 is 1.31 bits per heavy atom. The maximum Gasteiger partial charge on any atom is 0.291 e. The molecule has 2 N–H and O–H groups in total. The number of nitrogens with zero attached hydrogens (tertiary/aromatic N) is 2. The third kappa shape index (κ3) is 6.94. The second-order valence-electron chi connectivity index (χ2n) is 2.82. The first-order valence-corrected chi connectivity index (χ1v) is 3.28. The molecule has 0 aromatic carbocycles. The molecular weight excluding hydrogens is 184 g/mol. The molecule has 0 unspecified atom stereocenters. The molecule has 0 bridgehead atoms. The smallest absolute Gasteiger partial charge is 0.291 e. The molecule has 0 aliphatic heterocycles. The van der Waals surface area contributed by atoms with E-state index in [9.17, 15) is 10.1 Å². The first-order chi connectivity index (χ1) is 5.62. The Bertz CT molecular complexity index is 185. The second-order valence-corrected chi connectivity index (χ2v) is 2.82. The van der Waals surface area contributed by atoms with Gasteiger partial charge in [0.05, 0.1) is 0 Å². The lowest BCUT2D eigenvalue weighted by Gasteiger charge is -2.17. The summed E-state index contributed by atoms with van der Waals surface area (Å²) < 4.78 is 0. The van der Waals surface area contributed by atoms with Crippen molar-refractivity contribution in [2.24, 2.45) is 0 Å². The number of nitro groups is 1. The van der Waals surface area contributed by atoms with E-state index in [0.717, 1.165) is 0 Å². The van der Waals surface area contributed by atoms with Crippen LogP contribution < -0.4 is 0 Å². The van der Waals surface area contributed by atoms with Gasteiger partial charge in [0.1, 0.15) is 6.10 Å². The lowest BCUT2D eigenvalue weighted by atomic mass is 10.0. The minimum Gasteiger partial charge on any atom is -0.386 e. The standard InChI is InChI=1S/C5H11NO3.HNO3/c1-4(7)5(2,3)6(8)9;2-1(3)4/h4,7H,1-3H3;(H,2,3,4)/t4-;/m1./s1. The van der Waals surface area contributed by atoms with Crippen LogP contribution in [0.5, 0.6) is 0 Å². The zero-order valence-electron chi connectivity index (χ0n) is 7.50. The topological polar surface area (TPSA) is 127 Å². The molecule has 0 radical (unpaired) electrons. The van der Waals surface area contributed by atoms with Gasteiger partial charge in [0.2, 0.25) is 5.54 Å². The molecule has 0 spiro atoms. The Labute approximate surface area is 74.1 Å². The van der Waals surface area contributed by atoms with Crippen molar-refractivity contribution in [3.05, 3.63) is 20.2 Å². The molecule has 13 heavy (non-hydrogen) atoms. The van der Waals surface area contributed by atoms with E-state index in [1.54, 1.807) is 0 Å². The van der Waals surface area contributed by atoms with Gasteiger partial charge in [-0.25, -0.2) is 0 Å². The maximum atomic E-state index is 10.1. The summed E-state index contributed by atoms with van der Waals surface area (Å²) in [5.74, 6) is 0. The van der Waals surface area contributed by atoms with Crippen molar-refractivity contribution in [3.63, 3.8) is 0 Å². The Kier molecular flexibility index (Phi) is 5.69. The Morgan fingerprint density at radius 3 is 1.54 bits per heavy atom. The molecule has 0 aromatic rings. The van der Waals surface area contributed by atoms with Crippen molar-refractivity contribution in [1.29, 1.82) is 0 Å². The van der Waals surface area contributed by atoms with Crippen LogP contribution in [0.1, 0.15) is 20.8 Å². The maximum absolute atomic E-state index is 10.1. The molecule has 0 heterocycles. The van der Waals surface area contributed by atoms with Crippen LogP contribution in [0.2, 0.25) is 0 Å². The molecule has 0 saturated carbocycles. The SMILES string of the molecule is C[C@@H](O)C(C)(C)[N+](=O)[O-].O=[N+]([O-])O. The van der Waals surface area contributed by atoms with E-state index < -0.39 is 21.7 Å². The highest BCUT2D eigenvalue weighted by atomic mass is 16.9. The molecular formula is C5H12N2O6. The van der Waals surface area contributed by atoms with Gasteiger partial charge < -0.3 is 10.3 Å². The van der Waals surface area contributed by atoms with Gasteiger partial charge in [0, 0.05) is 18.8 Å². The van der Waals surface area contributed by atoms with E-state index in [0.29, 0.717) is 0 Å². The number of hydrogen-bond acceptors (Lipinski definition) is 5. The first kappa shape index (κ1) is 14.1. The van der Waals surface area contributed by atoms with Crippen LogP contribution in [0.3, 0.4) is 0 Å². The summed E-state index contributed by atoms with van der Waals surface area (Å²) in [6, 6.07) is 0. The van der Waals surface area contributed by atoms with E-state index >= 15 is 0 Å². The lowest BCUT2D eigenvalue weighted by Crippen LogP contribution is -2.41. The van der Waals surface area contributed by atoms with Crippen LogP contribution in [-0.4, -0.2) is 32.0 Å². The first-order valence-electron chi connectivity index (χ1n) is 3.28. The third-order valence-corrected chi connectivity index (χ3v) is 1.49. The van der Waals surface area contributed by atoms with Gasteiger partial charge in [-0.3, -0.25) is 10.1 Å². The van der Waals surface area contributed by atoms with E-state index in [1.807, 2.05) is 0 Å². The molecule has 0 fully saturated rings. The molecule has 0 amide bonds. The van der Waals surface area contributed by atoms with E-state index in [2.05, 4.69) is 0 Å². The second kappa shape index (κ2) is 5.25. The molecule has 0 aromatic heterocycles. The summed E-state index contributed by atoms with van der Waals surface area (Å²) in [6.45, 7) is 4.18. The highest BCUT2D eigenvalue weighted by molar-refractivity contribution is 4.72. The summed E-state index contributed by atoms with van der Waals surface area (Å²) in [5, 5.41) is 32.6. The van der Waals surface area contributed by atoms with Gasteiger partial charge in [-0.05, 0) is 6.92 Å². The van der Waals surface area contributed by atoms with Gasteiger partial charge in [-0.1, -0.05) is 0 Å². The predicted octanol–water partition coefficient (Wildman–Crippen LogP) is 0.0748. The van der Waals surface area contributed by atoms with Crippen molar-refractivity contribution < 1.29 is 20.3 Å². The van der Waals surface area contributed by atoms with Crippen LogP contribution in [0.15, 0.2) is 0 Å². The van der Waals surface area contributed by atoms with Gasteiger partial charge >= 0.3 is 0 Å². The summed E-state index contributed by atoms with van der Waals surface area (Å²) in [5.41, 5.74) is -1.22. The van der Waals surface area contributed by atoms with E-state index in [-0.39, 0.29) is 0 Å². The fraction of sp³-hybridized carbons (Fsp3) is 1.00.